The van der Waals surface area contributed by atoms with Crippen LogP contribution in [0.5, 0.6) is 11.5 Å². The molecule has 162 valence electrons. The van der Waals surface area contributed by atoms with E-state index in [2.05, 4.69) is 5.32 Å². The third-order valence-electron chi connectivity index (χ3n) is 5.04. The molecule has 5 rings (SSSR count). The molecule has 0 spiro atoms. The van der Waals surface area contributed by atoms with Gasteiger partial charge in [0.15, 0.2) is 11.5 Å². The average Bonchev–Trinajstić information content (AvgIpc) is 3.45. The van der Waals surface area contributed by atoms with Crippen LogP contribution in [0, 0.1) is 5.82 Å². The molecular formula is C22H16FN3O5S. The number of carbonyl (C=O) groups excluding carboxylic acids is 1. The second kappa shape index (κ2) is 7.97. The first-order chi connectivity index (χ1) is 15.5. The minimum Gasteiger partial charge on any atom is -0.454 e. The van der Waals surface area contributed by atoms with E-state index in [-0.39, 0.29) is 19.9 Å². The molecule has 0 saturated carbocycles. The number of nitrogens with one attached hydrogen (secondary N) is 1. The molecule has 0 radical (unpaired) electrons. The van der Waals surface area contributed by atoms with Gasteiger partial charge in [0.05, 0.1) is 12.1 Å². The maximum absolute atomic E-state index is 13.2. The van der Waals surface area contributed by atoms with Crippen LogP contribution in [0.25, 0.3) is 10.2 Å². The highest BCUT2D eigenvalue weighted by Gasteiger charge is 2.18. The van der Waals surface area contributed by atoms with Crippen molar-refractivity contribution in [3.63, 3.8) is 0 Å². The number of amides is 1. The van der Waals surface area contributed by atoms with Crippen LogP contribution in [0.2, 0.25) is 0 Å². The van der Waals surface area contributed by atoms with Crippen molar-refractivity contribution >= 4 is 33.1 Å². The highest BCUT2D eigenvalue weighted by atomic mass is 32.1. The second-order valence-corrected chi connectivity index (χ2v) is 8.05. The van der Waals surface area contributed by atoms with Gasteiger partial charge in [0.1, 0.15) is 17.1 Å². The topological polar surface area (TPSA) is 91.6 Å². The molecule has 0 fully saturated rings. The quantitative estimate of drug-likeness (QED) is 0.502. The molecule has 8 nitrogen and oxygen atoms in total. The molecular weight excluding hydrogens is 437 g/mol. The first kappa shape index (κ1) is 20.0. The van der Waals surface area contributed by atoms with E-state index < -0.39 is 23.0 Å². The van der Waals surface area contributed by atoms with Gasteiger partial charge in [-0.25, -0.2) is 9.18 Å². The zero-order valence-electron chi connectivity index (χ0n) is 16.5. The van der Waals surface area contributed by atoms with Crippen LogP contribution in [0.3, 0.4) is 0 Å². The van der Waals surface area contributed by atoms with Crippen molar-refractivity contribution in [1.29, 1.82) is 0 Å². The summed E-state index contributed by atoms with van der Waals surface area (Å²) in [4.78, 5) is 38.8. The Morgan fingerprint density at radius 1 is 1.03 bits per heavy atom. The number of rotatable bonds is 5. The summed E-state index contributed by atoms with van der Waals surface area (Å²) in [6.07, 6.45) is 0. The Bertz CT molecular complexity index is 1460. The molecule has 0 saturated heterocycles. The summed E-state index contributed by atoms with van der Waals surface area (Å²) < 4.78 is 26.5. The Hall–Kier alpha value is -3.92. The molecule has 2 aromatic heterocycles. The number of ether oxygens (including phenoxy) is 2. The van der Waals surface area contributed by atoms with E-state index in [9.17, 15) is 18.8 Å². The summed E-state index contributed by atoms with van der Waals surface area (Å²) >= 11 is 1.20. The normalized spacial score (nSPS) is 12.3. The maximum atomic E-state index is 13.2. The molecule has 0 unspecified atom stereocenters. The van der Waals surface area contributed by atoms with Crippen LogP contribution in [0.15, 0.2) is 63.5 Å². The van der Waals surface area contributed by atoms with Crippen molar-refractivity contribution in [2.24, 2.45) is 0 Å². The number of carbonyl (C=O) groups is 1. The van der Waals surface area contributed by atoms with Gasteiger partial charge in [-0.1, -0.05) is 6.07 Å². The molecule has 0 aliphatic carbocycles. The number of halogens is 1. The monoisotopic (exact) mass is 453 g/mol. The lowest BCUT2D eigenvalue weighted by Crippen LogP contribution is -2.41. The lowest BCUT2D eigenvalue weighted by molar-refractivity contribution is -0.116. The van der Waals surface area contributed by atoms with Gasteiger partial charge in [-0.05, 0) is 53.4 Å². The zero-order valence-corrected chi connectivity index (χ0v) is 17.4. The van der Waals surface area contributed by atoms with Gasteiger partial charge >= 0.3 is 5.69 Å². The van der Waals surface area contributed by atoms with Crippen LogP contribution < -0.4 is 26.0 Å². The van der Waals surface area contributed by atoms with Gasteiger partial charge in [0.2, 0.25) is 12.7 Å². The van der Waals surface area contributed by atoms with Crippen LogP contribution >= 0.6 is 11.3 Å². The average molecular weight is 453 g/mol. The third kappa shape index (κ3) is 3.65. The van der Waals surface area contributed by atoms with Crippen molar-refractivity contribution < 1.29 is 18.7 Å². The summed E-state index contributed by atoms with van der Waals surface area (Å²) in [5.74, 6) is 0.255. The maximum Gasteiger partial charge on any atom is 0.332 e. The molecule has 2 aromatic carbocycles. The summed E-state index contributed by atoms with van der Waals surface area (Å²) in [7, 11) is 0. The Kier molecular flexibility index (Phi) is 4.98. The van der Waals surface area contributed by atoms with Crippen LogP contribution in [-0.4, -0.2) is 21.8 Å². The van der Waals surface area contributed by atoms with Gasteiger partial charge in [-0.3, -0.25) is 18.7 Å². The molecule has 32 heavy (non-hydrogen) atoms. The van der Waals surface area contributed by atoms with Crippen molar-refractivity contribution in [3.05, 3.63) is 86.1 Å². The number of nitrogens with zero attached hydrogens (tertiary/aromatic N) is 2. The summed E-state index contributed by atoms with van der Waals surface area (Å²) in [6, 6.07) is 12.1. The van der Waals surface area contributed by atoms with Crippen molar-refractivity contribution in [3.8, 4) is 11.5 Å². The fraction of sp³-hybridized carbons (Fsp3) is 0.136. The Labute approximate surface area is 184 Å². The Balaban J connectivity index is 1.49. The summed E-state index contributed by atoms with van der Waals surface area (Å²) in [6.45, 7) is -0.164. The predicted molar refractivity (Wildman–Crippen MR) is 117 cm³/mol. The number of benzene rings is 2. The molecule has 10 heteroatoms. The summed E-state index contributed by atoms with van der Waals surface area (Å²) in [5, 5.41) is 4.33. The number of fused-ring (bicyclic) bond motifs is 2. The van der Waals surface area contributed by atoms with Crippen LogP contribution in [0.4, 0.5) is 10.1 Å². The van der Waals surface area contributed by atoms with Gasteiger partial charge in [-0.15, -0.1) is 11.3 Å². The third-order valence-corrected chi connectivity index (χ3v) is 5.94. The van der Waals surface area contributed by atoms with E-state index in [0.717, 1.165) is 4.57 Å². The van der Waals surface area contributed by atoms with Gasteiger partial charge in [0.25, 0.3) is 5.56 Å². The van der Waals surface area contributed by atoms with E-state index in [1.54, 1.807) is 29.6 Å². The van der Waals surface area contributed by atoms with E-state index in [1.165, 1.54) is 40.2 Å². The molecule has 1 aliphatic rings. The Morgan fingerprint density at radius 2 is 1.81 bits per heavy atom. The lowest BCUT2D eigenvalue weighted by Gasteiger charge is -2.13. The molecule has 4 aromatic rings. The molecule has 0 atom stereocenters. The van der Waals surface area contributed by atoms with E-state index >= 15 is 0 Å². The molecule has 1 N–H and O–H groups in total. The van der Waals surface area contributed by atoms with Crippen molar-refractivity contribution in [2.75, 3.05) is 12.1 Å². The first-order valence-electron chi connectivity index (χ1n) is 9.64. The molecule has 0 bridgehead atoms. The predicted octanol–water partition coefficient (Wildman–Crippen LogP) is 2.78. The Morgan fingerprint density at radius 3 is 2.62 bits per heavy atom. The van der Waals surface area contributed by atoms with E-state index in [4.69, 9.17) is 9.47 Å². The SMILES string of the molecule is O=C(Cn1c(=O)n(Cc2ccc3c(c2)OCO3)c(=O)c2sccc21)Nc1ccc(F)cc1. The molecule has 1 amide bonds. The van der Waals surface area contributed by atoms with Crippen molar-refractivity contribution in [1.82, 2.24) is 9.13 Å². The first-order valence-corrected chi connectivity index (χ1v) is 10.5. The number of hydrogen-bond donors (Lipinski definition) is 1. The van der Waals surface area contributed by atoms with Crippen LogP contribution in [0.1, 0.15) is 5.56 Å². The highest BCUT2D eigenvalue weighted by molar-refractivity contribution is 7.17. The number of anilines is 1. The van der Waals surface area contributed by atoms with Gasteiger partial charge < -0.3 is 14.8 Å². The number of hydrogen-bond acceptors (Lipinski definition) is 6. The number of aromatic nitrogens is 2. The minimum atomic E-state index is -0.604. The standard InChI is InChI=1S/C22H16FN3O5S/c23-14-2-4-15(5-3-14)24-19(27)11-25-16-7-8-32-20(16)21(28)26(22(25)29)10-13-1-6-17-18(9-13)31-12-30-17/h1-9H,10-12H2,(H,24,27). The summed E-state index contributed by atoms with van der Waals surface area (Å²) in [5.41, 5.74) is 0.452. The van der Waals surface area contributed by atoms with E-state index in [1.807, 2.05) is 0 Å². The second-order valence-electron chi connectivity index (χ2n) is 7.14. The smallest absolute Gasteiger partial charge is 0.332 e. The zero-order chi connectivity index (χ0) is 22.2. The number of thiophene rings is 1. The highest BCUT2D eigenvalue weighted by Crippen LogP contribution is 2.32. The molecule has 3 heterocycles. The van der Waals surface area contributed by atoms with Gasteiger partial charge in [0, 0.05) is 5.69 Å². The van der Waals surface area contributed by atoms with E-state index in [0.29, 0.717) is 33.0 Å². The lowest BCUT2D eigenvalue weighted by atomic mass is 10.2. The fourth-order valence-electron chi connectivity index (χ4n) is 3.52. The molecule has 1 aliphatic heterocycles. The minimum absolute atomic E-state index is 0.0156. The fourth-order valence-corrected chi connectivity index (χ4v) is 4.37. The van der Waals surface area contributed by atoms with Crippen molar-refractivity contribution in [2.45, 2.75) is 13.1 Å². The largest absolute Gasteiger partial charge is 0.454 e. The van der Waals surface area contributed by atoms with Crippen LogP contribution in [-0.2, 0) is 17.9 Å². The van der Waals surface area contributed by atoms with Gasteiger partial charge in [-0.2, -0.15) is 0 Å².